The molecule has 0 heterocycles. The van der Waals surface area contributed by atoms with Crippen molar-refractivity contribution >= 4 is 16.6 Å². The molecule has 0 aliphatic carbocycles. The molecular formula is C35H62O4Si2. The Balaban J connectivity index is 3.22. The van der Waals surface area contributed by atoms with E-state index in [1.165, 1.54) is 5.56 Å². The SMILES string of the molecule is C/C(C#CCO)=C\C[C@H](O[Si](C)(C)C(C)(C)C)[C@H](C)[C@@H](O[Si](C)(C)C(C)(C)C)[C@H](C)CCCOCc1ccccc1. The Hall–Kier alpha value is -1.21. The Morgan fingerprint density at radius 2 is 1.49 bits per heavy atom. The molecule has 0 unspecified atom stereocenters. The highest BCUT2D eigenvalue weighted by Crippen LogP contribution is 2.43. The summed E-state index contributed by atoms with van der Waals surface area (Å²) in [7, 11) is -4.08. The fourth-order valence-corrected chi connectivity index (χ4v) is 7.26. The summed E-state index contributed by atoms with van der Waals surface area (Å²) in [5.41, 5.74) is 2.19. The molecule has 234 valence electrons. The number of allylic oxidation sites excluding steroid dienone is 1. The highest BCUT2D eigenvalue weighted by Gasteiger charge is 2.45. The van der Waals surface area contributed by atoms with Gasteiger partial charge >= 0.3 is 0 Å². The lowest BCUT2D eigenvalue weighted by Crippen LogP contribution is -2.52. The minimum atomic E-state index is -2.04. The number of hydrogen-bond donors (Lipinski definition) is 1. The van der Waals surface area contributed by atoms with Gasteiger partial charge in [-0.15, -0.1) is 0 Å². The average molecular weight is 603 g/mol. The van der Waals surface area contributed by atoms with Crippen LogP contribution >= 0.6 is 0 Å². The van der Waals surface area contributed by atoms with Gasteiger partial charge in [0.2, 0.25) is 0 Å². The number of rotatable bonds is 15. The highest BCUT2D eigenvalue weighted by atomic mass is 28.4. The topological polar surface area (TPSA) is 47.9 Å². The van der Waals surface area contributed by atoms with Crippen LogP contribution in [0.4, 0.5) is 0 Å². The molecule has 41 heavy (non-hydrogen) atoms. The Bertz CT molecular complexity index is 977. The average Bonchev–Trinajstić information content (AvgIpc) is 2.87. The molecule has 0 aliphatic heterocycles. The normalized spacial score (nSPS) is 16.5. The van der Waals surface area contributed by atoms with E-state index in [0.717, 1.165) is 31.4 Å². The van der Waals surface area contributed by atoms with Crippen molar-refractivity contribution in [1.29, 1.82) is 0 Å². The summed E-state index contributed by atoms with van der Waals surface area (Å²) in [4.78, 5) is 0. The lowest BCUT2D eigenvalue weighted by molar-refractivity contribution is 0.00321. The van der Waals surface area contributed by atoms with Crippen molar-refractivity contribution in [1.82, 2.24) is 0 Å². The molecule has 1 N–H and O–H groups in total. The zero-order valence-corrected chi connectivity index (χ0v) is 30.7. The van der Waals surface area contributed by atoms with E-state index >= 15 is 0 Å². The summed E-state index contributed by atoms with van der Waals surface area (Å²) < 4.78 is 20.4. The van der Waals surface area contributed by atoms with Gasteiger partial charge in [0, 0.05) is 12.5 Å². The molecular weight excluding hydrogens is 541 g/mol. The van der Waals surface area contributed by atoms with Gasteiger partial charge < -0.3 is 18.7 Å². The minimum absolute atomic E-state index is 0.0216. The van der Waals surface area contributed by atoms with Crippen LogP contribution in [0.5, 0.6) is 0 Å². The fourth-order valence-electron chi connectivity index (χ4n) is 4.35. The van der Waals surface area contributed by atoms with Crippen LogP contribution in [-0.4, -0.2) is 47.2 Å². The summed E-state index contributed by atoms with van der Waals surface area (Å²) >= 11 is 0. The first-order valence-corrected chi connectivity index (χ1v) is 21.4. The van der Waals surface area contributed by atoms with Crippen molar-refractivity contribution in [3.63, 3.8) is 0 Å². The predicted octanol–water partition coefficient (Wildman–Crippen LogP) is 9.37. The van der Waals surface area contributed by atoms with Crippen molar-refractivity contribution in [3.8, 4) is 11.8 Å². The quantitative estimate of drug-likeness (QED) is 0.123. The Morgan fingerprint density at radius 3 is 2.02 bits per heavy atom. The van der Waals surface area contributed by atoms with Crippen LogP contribution in [0.2, 0.25) is 36.3 Å². The van der Waals surface area contributed by atoms with E-state index in [1.807, 2.05) is 13.0 Å². The van der Waals surface area contributed by atoms with Crippen LogP contribution in [0.25, 0.3) is 0 Å². The van der Waals surface area contributed by atoms with Gasteiger partial charge in [-0.1, -0.05) is 104 Å². The van der Waals surface area contributed by atoms with E-state index in [2.05, 4.69) is 124 Å². The third-order valence-corrected chi connectivity index (χ3v) is 18.2. The zero-order chi connectivity index (χ0) is 31.5. The van der Waals surface area contributed by atoms with Gasteiger partial charge in [-0.3, -0.25) is 0 Å². The van der Waals surface area contributed by atoms with E-state index in [4.69, 9.17) is 18.7 Å². The van der Waals surface area contributed by atoms with Gasteiger partial charge in [0.25, 0.3) is 0 Å². The van der Waals surface area contributed by atoms with Gasteiger partial charge in [0.05, 0.1) is 18.8 Å². The minimum Gasteiger partial charge on any atom is -0.413 e. The lowest BCUT2D eigenvalue weighted by Gasteiger charge is -2.46. The van der Waals surface area contributed by atoms with Gasteiger partial charge in [-0.25, -0.2) is 0 Å². The molecule has 0 saturated carbocycles. The summed E-state index contributed by atoms with van der Waals surface area (Å²) in [5.74, 6) is 6.41. The monoisotopic (exact) mass is 602 g/mol. The molecule has 0 aromatic heterocycles. The van der Waals surface area contributed by atoms with E-state index < -0.39 is 16.6 Å². The molecule has 1 aromatic carbocycles. The van der Waals surface area contributed by atoms with Gasteiger partial charge in [-0.2, -0.15) is 0 Å². The Morgan fingerprint density at radius 1 is 0.927 bits per heavy atom. The van der Waals surface area contributed by atoms with Gasteiger partial charge in [-0.05, 0) is 79.5 Å². The molecule has 0 bridgehead atoms. The van der Waals surface area contributed by atoms with E-state index in [9.17, 15) is 0 Å². The standard InChI is InChI=1S/C35H62O4Si2/c1-28(19-17-25-36)23-24-32(38-40(10,11)34(4,5)6)30(3)33(39-41(12,13)35(7,8)9)29(2)20-18-26-37-27-31-21-15-14-16-22-31/h14-16,21-23,29-30,32-33,36H,18,20,24-27H2,1-13H3/b28-23+/t29-,30+,32+,33+/m1/s1. The second-order valence-electron chi connectivity index (χ2n) is 14.9. The highest BCUT2D eigenvalue weighted by molar-refractivity contribution is 6.74. The molecule has 0 saturated heterocycles. The predicted molar refractivity (Wildman–Crippen MR) is 181 cm³/mol. The Labute approximate surface area is 255 Å². The molecule has 0 amide bonds. The maximum absolute atomic E-state index is 9.15. The molecule has 6 heteroatoms. The van der Waals surface area contributed by atoms with Crippen molar-refractivity contribution in [2.45, 2.75) is 137 Å². The van der Waals surface area contributed by atoms with E-state index in [1.54, 1.807) is 0 Å². The largest absolute Gasteiger partial charge is 0.413 e. The smallest absolute Gasteiger partial charge is 0.192 e. The van der Waals surface area contributed by atoms with Crippen LogP contribution in [0.3, 0.4) is 0 Å². The third-order valence-electron chi connectivity index (χ3n) is 9.24. The lowest BCUT2D eigenvalue weighted by atomic mass is 9.85. The number of hydrogen-bond acceptors (Lipinski definition) is 4. The van der Waals surface area contributed by atoms with Crippen LogP contribution in [0.15, 0.2) is 42.0 Å². The molecule has 4 atom stereocenters. The molecule has 4 nitrogen and oxygen atoms in total. The number of benzene rings is 1. The summed E-state index contributed by atoms with van der Waals surface area (Å²) in [6.45, 7) is 31.2. The fraction of sp³-hybridized carbons (Fsp3) is 0.714. The maximum atomic E-state index is 9.15. The van der Waals surface area contributed by atoms with Crippen molar-refractivity contribution in [2.75, 3.05) is 13.2 Å². The maximum Gasteiger partial charge on any atom is 0.192 e. The van der Waals surface area contributed by atoms with Gasteiger partial charge in [0.15, 0.2) is 16.6 Å². The van der Waals surface area contributed by atoms with E-state index in [-0.39, 0.29) is 34.8 Å². The van der Waals surface area contributed by atoms with Gasteiger partial charge in [0.1, 0.15) is 6.61 Å². The molecule has 0 spiro atoms. The molecule has 0 fully saturated rings. The number of ether oxygens (including phenoxy) is 1. The molecule has 0 radical (unpaired) electrons. The van der Waals surface area contributed by atoms with Crippen LogP contribution < -0.4 is 0 Å². The first-order valence-electron chi connectivity index (χ1n) is 15.6. The van der Waals surface area contributed by atoms with Crippen molar-refractivity contribution < 1.29 is 18.7 Å². The summed E-state index contributed by atoms with van der Waals surface area (Å²) in [5, 5.41) is 9.38. The number of aliphatic hydroxyl groups excluding tert-OH is 1. The molecule has 0 aliphatic rings. The van der Waals surface area contributed by atoms with Crippen LogP contribution in [-0.2, 0) is 20.2 Å². The van der Waals surface area contributed by atoms with Crippen LogP contribution in [0, 0.1) is 23.7 Å². The van der Waals surface area contributed by atoms with E-state index in [0.29, 0.717) is 12.5 Å². The zero-order valence-electron chi connectivity index (χ0n) is 28.7. The molecule has 1 rings (SSSR count). The summed E-state index contributed by atoms with van der Waals surface area (Å²) in [6.07, 6.45) is 5.11. The van der Waals surface area contributed by atoms with Crippen molar-refractivity contribution in [2.24, 2.45) is 11.8 Å². The first kappa shape index (κ1) is 37.8. The van der Waals surface area contributed by atoms with Crippen LogP contribution in [0.1, 0.15) is 87.1 Å². The Kier molecular flexibility index (Phi) is 15.3. The number of aliphatic hydroxyl groups is 1. The van der Waals surface area contributed by atoms with Crippen molar-refractivity contribution in [3.05, 3.63) is 47.5 Å². The summed E-state index contributed by atoms with van der Waals surface area (Å²) in [6, 6.07) is 10.4. The molecule has 1 aromatic rings. The third kappa shape index (κ3) is 12.9. The second kappa shape index (κ2) is 16.6. The first-order chi connectivity index (χ1) is 18.8. The second-order valence-corrected chi connectivity index (χ2v) is 24.4.